The quantitative estimate of drug-likeness (QED) is 0.354. The number of rotatable bonds is 8. The first kappa shape index (κ1) is 22.8. The number of carbonyl (C=O) groups is 3. The van der Waals surface area contributed by atoms with Crippen LogP contribution in [-0.4, -0.2) is 26.3 Å². The molecule has 0 atom stereocenters. The van der Waals surface area contributed by atoms with Gasteiger partial charge in [0.15, 0.2) is 5.78 Å². The average molecular weight is 459 g/mol. The van der Waals surface area contributed by atoms with Crippen LogP contribution >= 0.6 is 23.2 Å². The van der Waals surface area contributed by atoms with Gasteiger partial charge in [-0.2, -0.15) is 0 Å². The van der Waals surface area contributed by atoms with Gasteiger partial charge in [-0.05, 0) is 35.9 Å². The smallest absolute Gasteiger partial charge is 0.376 e. The topological polar surface area (TPSA) is 133 Å². The minimum absolute atomic E-state index is 0.00698. The number of ketones is 1. The molecule has 0 heterocycles. The summed E-state index contributed by atoms with van der Waals surface area (Å²) in [4.78, 5) is 33.8. The lowest BCUT2D eigenvalue weighted by atomic mass is 10.1. The van der Waals surface area contributed by atoms with Crippen LogP contribution in [-0.2, 0) is 26.1 Å². The van der Waals surface area contributed by atoms with Crippen molar-refractivity contribution >= 4 is 51.1 Å². The number of benzene rings is 2. The van der Waals surface area contributed by atoms with Crippen LogP contribution in [0.25, 0.3) is 0 Å². The molecule has 29 heavy (non-hydrogen) atoms. The van der Waals surface area contributed by atoms with Crippen molar-refractivity contribution in [2.45, 2.75) is 24.3 Å². The molecule has 0 spiro atoms. The number of carbonyl (C=O) groups excluding carboxylic acids is 3. The number of esters is 1. The van der Waals surface area contributed by atoms with E-state index in [1.54, 1.807) is 24.3 Å². The zero-order valence-corrected chi connectivity index (χ0v) is 17.2. The molecular weight excluding hydrogens is 443 g/mol. The second-order valence-corrected chi connectivity index (χ2v) is 8.39. The predicted octanol–water partition coefficient (Wildman–Crippen LogP) is 3.06. The van der Waals surface area contributed by atoms with Crippen LogP contribution < -0.4 is 10.5 Å². The van der Waals surface area contributed by atoms with Crippen molar-refractivity contribution in [3.05, 3.63) is 63.6 Å². The van der Waals surface area contributed by atoms with Crippen LogP contribution in [0.3, 0.4) is 0 Å². The summed E-state index contributed by atoms with van der Waals surface area (Å²) in [5.41, 5.74) is 5.42. The molecule has 0 aliphatic carbocycles. The molecule has 2 aromatic rings. The second kappa shape index (κ2) is 9.84. The molecule has 154 valence electrons. The first-order valence-corrected chi connectivity index (χ1v) is 10.4. The fourth-order valence-corrected chi connectivity index (χ4v) is 3.93. The molecular formula is C18H16Cl2N2O6S. The number of nitrogens with one attached hydrogen (secondary N) is 1. The maximum absolute atomic E-state index is 12.6. The fraction of sp³-hybridized carbons (Fsp3) is 0.167. The van der Waals surface area contributed by atoms with Gasteiger partial charge in [0, 0.05) is 23.6 Å². The van der Waals surface area contributed by atoms with E-state index in [0.29, 0.717) is 10.6 Å². The summed E-state index contributed by atoms with van der Waals surface area (Å²) < 4.78 is 31.7. The first-order valence-electron chi connectivity index (χ1n) is 8.15. The summed E-state index contributed by atoms with van der Waals surface area (Å²) >= 11 is 11.8. The Kier molecular flexibility index (Phi) is 7.74. The highest BCUT2D eigenvalue weighted by atomic mass is 35.5. The summed E-state index contributed by atoms with van der Waals surface area (Å²) in [6.45, 7) is -0.00698. The maximum Gasteiger partial charge on any atom is 0.412 e. The third-order valence-electron chi connectivity index (χ3n) is 3.69. The Morgan fingerprint density at radius 1 is 1.00 bits per heavy atom. The maximum atomic E-state index is 12.6. The largest absolute Gasteiger partial charge is 0.412 e. The lowest BCUT2D eigenvalue weighted by molar-refractivity contribution is -0.137. The van der Waals surface area contributed by atoms with Gasteiger partial charge in [-0.25, -0.2) is 17.9 Å². The molecule has 0 aliphatic rings. The lowest BCUT2D eigenvalue weighted by Gasteiger charge is -2.10. The van der Waals surface area contributed by atoms with Crippen LogP contribution in [0.5, 0.6) is 0 Å². The number of Topliss-reactive ketones (excluding diaryl/α,β-unsaturated/α-hetero) is 1. The number of primary amides is 1. The molecule has 0 aliphatic heterocycles. The molecule has 0 unspecified atom stereocenters. The highest BCUT2D eigenvalue weighted by Crippen LogP contribution is 2.24. The Balaban J connectivity index is 2.11. The number of sulfonamides is 1. The molecule has 2 aromatic carbocycles. The van der Waals surface area contributed by atoms with E-state index in [1.165, 1.54) is 12.1 Å². The Morgan fingerprint density at radius 3 is 2.28 bits per heavy atom. The number of ether oxygens (including phenoxy) is 1. The Hall–Kier alpha value is -2.46. The van der Waals surface area contributed by atoms with Gasteiger partial charge in [0.05, 0.1) is 11.4 Å². The first-order chi connectivity index (χ1) is 13.6. The predicted molar refractivity (Wildman–Crippen MR) is 106 cm³/mol. The third kappa shape index (κ3) is 6.82. The minimum Gasteiger partial charge on any atom is -0.376 e. The summed E-state index contributed by atoms with van der Waals surface area (Å²) in [6, 6.07) is 10.3. The van der Waals surface area contributed by atoms with Crippen LogP contribution in [0.1, 0.15) is 28.8 Å². The zero-order chi connectivity index (χ0) is 21.6. The summed E-state index contributed by atoms with van der Waals surface area (Å²) in [6.07, 6.45) is -1.96. The van der Waals surface area contributed by atoms with E-state index in [9.17, 15) is 22.8 Å². The van der Waals surface area contributed by atoms with Crippen LogP contribution in [0, 0.1) is 0 Å². The van der Waals surface area contributed by atoms with Crippen LogP contribution in [0.2, 0.25) is 10.0 Å². The average Bonchev–Trinajstić information content (AvgIpc) is 2.65. The van der Waals surface area contributed by atoms with Crippen molar-refractivity contribution in [2.75, 3.05) is 0 Å². The SMILES string of the molecule is NC(=O)OC(=O)CCC(=O)c1ccc(Cl)c(S(=O)(=O)NCc2ccc(Cl)cc2)c1. The molecule has 3 N–H and O–H groups in total. The molecule has 11 heteroatoms. The van der Waals surface area contributed by atoms with Gasteiger partial charge in [-0.3, -0.25) is 9.59 Å². The van der Waals surface area contributed by atoms with Crippen molar-refractivity contribution < 1.29 is 27.5 Å². The molecule has 0 saturated carbocycles. The molecule has 2 rings (SSSR count). The van der Waals surface area contributed by atoms with Crippen LogP contribution in [0.15, 0.2) is 47.4 Å². The van der Waals surface area contributed by atoms with Crippen molar-refractivity contribution in [3.8, 4) is 0 Å². The monoisotopic (exact) mass is 458 g/mol. The lowest BCUT2D eigenvalue weighted by Crippen LogP contribution is -2.24. The van der Waals surface area contributed by atoms with Gasteiger partial charge in [0.2, 0.25) is 10.0 Å². The molecule has 0 fully saturated rings. The third-order valence-corrected chi connectivity index (χ3v) is 5.83. The number of hydrogen-bond donors (Lipinski definition) is 2. The van der Waals surface area contributed by atoms with Gasteiger partial charge >= 0.3 is 12.1 Å². The van der Waals surface area contributed by atoms with Gasteiger partial charge in [0.1, 0.15) is 4.90 Å². The Morgan fingerprint density at radius 2 is 1.66 bits per heavy atom. The van der Waals surface area contributed by atoms with Crippen LogP contribution in [0.4, 0.5) is 4.79 Å². The zero-order valence-electron chi connectivity index (χ0n) is 14.9. The number of halogens is 2. The number of hydrogen-bond acceptors (Lipinski definition) is 6. The van der Waals surface area contributed by atoms with E-state index in [2.05, 4.69) is 9.46 Å². The van der Waals surface area contributed by atoms with Gasteiger partial charge in [-0.1, -0.05) is 35.3 Å². The van der Waals surface area contributed by atoms with Crippen molar-refractivity contribution in [1.29, 1.82) is 0 Å². The Bertz CT molecular complexity index is 1040. The molecule has 1 amide bonds. The van der Waals surface area contributed by atoms with E-state index in [4.69, 9.17) is 28.9 Å². The molecule has 0 aromatic heterocycles. The molecule has 0 radical (unpaired) electrons. The highest BCUT2D eigenvalue weighted by molar-refractivity contribution is 7.89. The van der Waals surface area contributed by atoms with E-state index in [1.807, 2.05) is 0 Å². The fourth-order valence-electron chi connectivity index (χ4n) is 2.26. The van der Waals surface area contributed by atoms with Crippen molar-refractivity contribution in [1.82, 2.24) is 4.72 Å². The summed E-state index contributed by atoms with van der Waals surface area (Å²) in [5, 5.41) is 0.448. The highest BCUT2D eigenvalue weighted by Gasteiger charge is 2.21. The van der Waals surface area contributed by atoms with E-state index in [0.717, 1.165) is 6.07 Å². The minimum atomic E-state index is -4.02. The van der Waals surface area contributed by atoms with E-state index < -0.39 is 27.9 Å². The number of amides is 1. The standard InChI is InChI=1S/C18H16Cl2N2O6S/c19-13-4-1-11(2-5-13)10-22-29(26,27)16-9-12(3-6-14(16)20)15(23)7-8-17(24)28-18(21)25/h1-6,9,22H,7-8,10H2,(H2,21,25). The van der Waals surface area contributed by atoms with Gasteiger partial charge < -0.3 is 10.5 Å². The van der Waals surface area contributed by atoms with E-state index in [-0.39, 0.29) is 34.9 Å². The second-order valence-electron chi connectivity index (χ2n) is 5.81. The van der Waals surface area contributed by atoms with Crippen molar-refractivity contribution in [2.24, 2.45) is 5.73 Å². The summed E-state index contributed by atoms with van der Waals surface area (Å²) in [5.74, 6) is -1.49. The van der Waals surface area contributed by atoms with Gasteiger partial charge in [-0.15, -0.1) is 0 Å². The summed E-state index contributed by atoms with van der Waals surface area (Å²) in [7, 11) is -4.02. The molecule has 0 saturated heterocycles. The van der Waals surface area contributed by atoms with E-state index >= 15 is 0 Å². The van der Waals surface area contributed by atoms with Gasteiger partial charge in [0.25, 0.3) is 0 Å². The molecule has 0 bridgehead atoms. The Labute approximate surface area is 177 Å². The molecule has 8 nitrogen and oxygen atoms in total. The number of nitrogens with two attached hydrogens (primary N) is 1. The van der Waals surface area contributed by atoms with Crippen molar-refractivity contribution in [3.63, 3.8) is 0 Å². The normalized spacial score (nSPS) is 11.1.